The van der Waals surface area contributed by atoms with Crippen LogP contribution in [0.25, 0.3) is 0 Å². The van der Waals surface area contributed by atoms with Crippen LogP contribution in [0.4, 0.5) is 17.1 Å². The van der Waals surface area contributed by atoms with Gasteiger partial charge in [-0.3, -0.25) is 46.5 Å². The molecule has 41 heteroatoms. The molecule has 8 aliphatic carbocycles. The van der Waals surface area contributed by atoms with Gasteiger partial charge in [-0.2, -0.15) is 38.2 Å². The molecule has 0 aromatic heterocycles. The molecule has 8 saturated carbocycles. The lowest BCUT2D eigenvalue weighted by molar-refractivity contribution is -0.147. The van der Waals surface area contributed by atoms with Crippen molar-refractivity contribution in [1.29, 1.82) is 0 Å². The van der Waals surface area contributed by atoms with Gasteiger partial charge < -0.3 is 32.4 Å². The molecule has 12 aliphatic rings. The number of carbonyl (C=O) groups excluding carboxylic acids is 6. The van der Waals surface area contributed by atoms with Crippen LogP contribution in [0.1, 0.15) is 111 Å². The van der Waals surface area contributed by atoms with Gasteiger partial charge in [0.05, 0.1) is 60.3 Å². The van der Waals surface area contributed by atoms with Gasteiger partial charge in [0.25, 0.3) is 0 Å². The minimum absolute atomic E-state index is 0. The van der Waals surface area contributed by atoms with E-state index in [2.05, 4.69) is 28.5 Å². The fourth-order valence-corrected chi connectivity index (χ4v) is 24.6. The van der Waals surface area contributed by atoms with Gasteiger partial charge in [-0.05, 0) is 203 Å². The normalized spacial score (nSPS) is 27.8. The molecule has 3 aromatic carbocycles. The topological polar surface area (TPSA) is 361 Å². The van der Waals surface area contributed by atoms with E-state index in [1.165, 1.54) is 62.1 Å². The number of carboxylic acid groups (broad SMARTS) is 1. The average molecular weight is 1780 g/mol. The predicted molar refractivity (Wildman–Crippen MR) is 413 cm³/mol. The number of anilines is 3. The molecule has 8 N–H and O–H groups in total. The van der Waals surface area contributed by atoms with E-state index in [1.54, 1.807) is 0 Å². The first kappa shape index (κ1) is 92.0. The fourth-order valence-electron chi connectivity index (χ4n) is 15.9. The first-order valence-corrected chi connectivity index (χ1v) is 40.7. The number of amides is 3. The number of hydrogen-bond acceptors (Lipinski definition) is 15. The Balaban J connectivity index is 0.000000243. The van der Waals surface area contributed by atoms with Gasteiger partial charge in [0.15, 0.2) is 0 Å². The largest absolute Gasteiger partial charge is 0.480 e. The van der Waals surface area contributed by atoms with Crippen LogP contribution in [0, 0.1) is 46.3 Å². The molecule has 15 rings (SSSR count). The van der Waals surface area contributed by atoms with E-state index in [0.717, 1.165) is 83.5 Å². The van der Waals surface area contributed by atoms with Crippen LogP contribution in [0.2, 0.25) is 45.2 Å². The van der Waals surface area contributed by atoms with Crippen molar-refractivity contribution in [3.63, 3.8) is 0 Å². The van der Waals surface area contributed by atoms with Gasteiger partial charge in [0.1, 0.15) is 6.54 Å². The monoisotopic (exact) mass is 1770 g/mol. The molecule has 104 heavy (non-hydrogen) atoms. The molecule has 0 spiro atoms. The SMILES string of the molecule is C.C.C1CCOC1.Cl.NC(=O)C12CC3CC(C1)C(N)C(C3)C2.NC(=O)C12CC3CC(C1)C(NC(=O)CN1CCCN(c4c(Cl)cc(Cl)cc4Cl)S1(=O)=O)C(C3)C2.O=C(Cl)C(=O)Cl.O=C(Cl)CN1CCCN(c2c(Cl)cc(Cl)cc2Cl)S1(=O)=O.O=C(O)CN1CCCN(c2c(Cl)cc(Cl)cc2Cl)S1(=O)=O. The van der Waals surface area contributed by atoms with Crippen LogP contribution in [0.5, 0.6) is 0 Å². The van der Waals surface area contributed by atoms with E-state index < -0.39 is 70.8 Å². The molecule has 3 aromatic rings. The Morgan fingerprint density at radius 1 is 0.471 bits per heavy atom. The second-order valence-corrected chi connectivity index (χ2v) is 36.9. The van der Waals surface area contributed by atoms with Gasteiger partial charge in [-0.25, -0.2) is 0 Å². The molecular weight excluding hydrogens is 1690 g/mol. The highest BCUT2D eigenvalue weighted by atomic mass is 35.5. The number of benzene rings is 3. The summed E-state index contributed by atoms with van der Waals surface area (Å²) in [5.74, 6) is 0.899. The van der Waals surface area contributed by atoms with Crippen LogP contribution < -0.4 is 35.4 Å². The van der Waals surface area contributed by atoms with Crippen molar-refractivity contribution in [2.45, 2.75) is 123 Å². The second kappa shape index (κ2) is 38.5. The number of rotatable bonds is 13. The van der Waals surface area contributed by atoms with E-state index in [1.807, 2.05) is 0 Å². The summed E-state index contributed by atoms with van der Waals surface area (Å²) >= 11 is 68.6. The van der Waals surface area contributed by atoms with Crippen LogP contribution >= 0.6 is 152 Å². The summed E-state index contributed by atoms with van der Waals surface area (Å²) in [5.41, 5.74) is 17.3. The number of hydrogen-bond donors (Lipinski definition) is 5. The van der Waals surface area contributed by atoms with E-state index in [4.69, 9.17) is 143 Å². The van der Waals surface area contributed by atoms with Gasteiger partial charge in [0.2, 0.25) is 23.0 Å². The Hall–Kier alpha value is -2.63. The van der Waals surface area contributed by atoms with E-state index in [9.17, 15) is 58.8 Å². The maximum atomic E-state index is 13.4. The highest BCUT2D eigenvalue weighted by molar-refractivity contribution is 7.91. The summed E-state index contributed by atoms with van der Waals surface area (Å²) in [6, 6.07) is 8.76. The zero-order valence-corrected chi connectivity index (χ0v) is 66.6. The molecule has 0 radical (unpaired) electrons. The number of carbonyl (C=O) groups is 7. The Bertz CT molecular complexity index is 3790. The van der Waals surface area contributed by atoms with Gasteiger partial charge in [0, 0.05) is 90.5 Å². The molecule has 12 fully saturated rings. The Labute approximate surface area is 673 Å². The van der Waals surface area contributed by atoms with E-state index in [0.29, 0.717) is 65.9 Å². The van der Waals surface area contributed by atoms with Crippen LogP contribution in [0.15, 0.2) is 36.4 Å². The maximum absolute atomic E-state index is 13.4. The second-order valence-electron chi connectivity index (χ2n) is 26.5. The first-order valence-electron chi connectivity index (χ1n) is 32.0. The quantitative estimate of drug-likeness (QED) is 0.0784. The zero-order chi connectivity index (χ0) is 74.6. The highest BCUT2D eigenvalue weighted by Crippen LogP contribution is 2.61. The average Bonchev–Trinajstić information content (AvgIpc) is 0.749. The standard InChI is InChI=1S/C22H27Cl3N4O4S.C11H10Cl4N2O3S.C11H11Cl3N2O4S.C11H18N2O.C4H8O.C2Cl2O2.2CH4.ClH/c23-15-6-16(24)20(17(25)7-15)29-3-1-2-28(34(29,32)33)11-18(30)27-19-13-4-12-5-14(19)10-22(8-12,9-13)21(26)31;12-7-4-8(13)11(9(14)5-7)17-3-1-2-16(6-10(15)18)21(17,19)20;12-7-4-8(13)11(9(14)5-7)16-3-1-2-15(6-10(17)18)21(16,19)20;12-9-7-1-6-2-8(9)5-11(3-6,4-7)10(13)14;1-2-4-5-3-1;3-1(5)2(4)6;;;/h6-7,12-14,19H,1-5,8-11H2,(H2,26,31)(H,27,30);4-5H,1-3,6H2;4-5H,1-3,6H2,(H,17,18);6-9H,1-5,12H2,(H2,13,14);1-4H2;;2*1H4;1H. The summed E-state index contributed by atoms with van der Waals surface area (Å²) in [6.07, 6.45) is 13.7. The minimum atomic E-state index is -4.02. The molecule has 4 aliphatic heterocycles. The summed E-state index contributed by atoms with van der Waals surface area (Å²) in [5, 5.41) is 10.4. The van der Waals surface area contributed by atoms with Crippen molar-refractivity contribution in [2.24, 2.45) is 63.5 Å². The number of nitrogens with one attached hydrogen (secondary N) is 1. The van der Waals surface area contributed by atoms with E-state index >= 15 is 0 Å². The number of carboxylic acids is 1. The number of aliphatic carboxylic acids is 1. The zero-order valence-electron chi connectivity index (χ0n) is 54.2. The molecule has 4 unspecified atom stereocenters. The summed E-state index contributed by atoms with van der Waals surface area (Å²) in [6.45, 7) is 1.83. The fraction of sp³-hybridized carbons (Fsp3) is 0.603. The van der Waals surface area contributed by atoms with Crippen molar-refractivity contribution in [1.82, 2.24) is 18.2 Å². The van der Waals surface area contributed by atoms with E-state index in [-0.39, 0.29) is 166 Å². The summed E-state index contributed by atoms with van der Waals surface area (Å²) in [7, 11) is -11.9. The number of ether oxygens (including phenoxy) is 1. The molecule has 8 bridgehead atoms. The van der Waals surface area contributed by atoms with Crippen molar-refractivity contribution < 1.29 is 68.7 Å². The van der Waals surface area contributed by atoms with Gasteiger partial charge >= 0.3 is 47.1 Å². The molecule has 4 atom stereocenters. The van der Waals surface area contributed by atoms with Crippen LogP contribution in [-0.4, -0.2) is 167 Å². The Morgan fingerprint density at radius 2 is 0.769 bits per heavy atom. The molecule has 4 heterocycles. The molecule has 25 nitrogen and oxygen atoms in total. The molecular formula is C63H83Cl13N10O15S3. The lowest BCUT2D eigenvalue weighted by Crippen LogP contribution is -2.63. The molecule has 3 amide bonds. The smallest absolute Gasteiger partial charge is 0.318 e. The Kier molecular flexibility index (Phi) is 34.1. The van der Waals surface area contributed by atoms with Gasteiger partial charge in [-0.1, -0.05) is 119 Å². The number of nitrogens with zero attached hydrogens (tertiary/aromatic N) is 6. The minimum Gasteiger partial charge on any atom is -0.480 e. The highest BCUT2D eigenvalue weighted by Gasteiger charge is 2.59. The third-order valence-electron chi connectivity index (χ3n) is 19.7. The van der Waals surface area contributed by atoms with Gasteiger partial charge in [-0.15, -0.1) is 12.4 Å². The van der Waals surface area contributed by atoms with Crippen LogP contribution in [-0.2, 0) is 68.9 Å². The predicted octanol–water partition coefficient (Wildman–Crippen LogP) is 12.5. The summed E-state index contributed by atoms with van der Waals surface area (Å²) in [4.78, 5) is 77.4. The lowest BCUT2D eigenvalue weighted by atomic mass is 9.47. The third-order valence-corrected chi connectivity index (χ3v) is 28.3. The molecule has 584 valence electrons. The third kappa shape index (κ3) is 21.7. The maximum Gasteiger partial charge on any atom is 0.318 e. The first-order chi connectivity index (χ1) is 47.2. The van der Waals surface area contributed by atoms with Crippen molar-refractivity contribution in [3.8, 4) is 0 Å². The van der Waals surface area contributed by atoms with Crippen molar-refractivity contribution in [3.05, 3.63) is 81.6 Å². The number of nitrogens with two attached hydrogens (primary N) is 3. The Morgan fingerprint density at radius 3 is 1.05 bits per heavy atom. The molecule has 4 saturated heterocycles. The van der Waals surface area contributed by atoms with Crippen molar-refractivity contribution >= 4 is 239 Å². The van der Waals surface area contributed by atoms with Crippen molar-refractivity contribution in [2.75, 3.05) is 85.0 Å². The lowest BCUT2D eigenvalue weighted by Gasteiger charge is -2.58. The van der Waals surface area contributed by atoms with Crippen LogP contribution in [0.3, 0.4) is 0 Å². The number of halogens is 13. The number of primary amides is 2. The summed E-state index contributed by atoms with van der Waals surface area (Å²) < 4.78 is 87.9.